The maximum Gasteiger partial charge on any atom is 0.263 e. The van der Waals surface area contributed by atoms with Crippen LogP contribution in [0.2, 0.25) is 0 Å². The van der Waals surface area contributed by atoms with Gasteiger partial charge in [0.15, 0.2) is 17.7 Å². The number of carbonyl (C=O) groups excluding carboxylic acids is 1. The number of carbonyl (C=O) groups is 1. The average Bonchev–Trinajstić information content (AvgIpc) is 2.45. The summed E-state index contributed by atoms with van der Waals surface area (Å²) in [6.45, 7) is 4.77. The Kier molecular flexibility index (Phi) is 5.34. The topological polar surface area (TPSA) is 55.6 Å². The summed E-state index contributed by atoms with van der Waals surface area (Å²) in [5.41, 5.74) is 5.90. The Morgan fingerprint density at radius 2 is 2.14 bits per heavy atom. The molecule has 1 amide bonds. The maximum absolute atomic E-state index is 13.7. The summed E-state index contributed by atoms with van der Waals surface area (Å²) >= 11 is 0. The first kappa shape index (κ1) is 16.7. The monoisotopic (exact) mass is 312 g/mol. The molecule has 1 aromatic rings. The summed E-state index contributed by atoms with van der Waals surface area (Å²) in [5, 5.41) is 0. The third kappa shape index (κ3) is 3.94. The molecule has 22 heavy (non-hydrogen) atoms. The SMILES string of the molecule is CC(C)[C@H](Oc1ccc(F)cc1F)C(=O)N1CCC[C@H](N)C1. The van der Waals surface area contributed by atoms with E-state index in [9.17, 15) is 13.6 Å². The molecular weight excluding hydrogens is 290 g/mol. The number of hydrogen-bond donors (Lipinski definition) is 1. The zero-order valence-electron chi connectivity index (χ0n) is 12.9. The van der Waals surface area contributed by atoms with Crippen molar-refractivity contribution >= 4 is 5.91 Å². The molecule has 1 saturated heterocycles. The van der Waals surface area contributed by atoms with E-state index in [-0.39, 0.29) is 23.6 Å². The molecule has 1 aromatic carbocycles. The van der Waals surface area contributed by atoms with Crippen molar-refractivity contribution in [2.75, 3.05) is 13.1 Å². The highest BCUT2D eigenvalue weighted by molar-refractivity contribution is 5.81. The number of nitrogens with zero attached hydrogens (tertiary/aromatic N) is 1. The molecule has 0 bridgehead atoms. The second-order valence-electron chi connectivity index (χ2n) is 6.04. The summed E-state index contributed by atoms with van der Waals surface area (Å²) in [5.74, 6) is -1.95. The number of nitrogens with two attached hydrogens (primary N) is 1. The van der Waals surface area contributed by atoms with Crippen molar-refractivity contribution in [3.8, 4) is 5.75 Å². The van der Waals surface area contributed by atoms with Gasteiger partial charge in [-0.2, -0.15) is 0 Å². The Bertz CT molecular complexity index is 537. The van der Waals surface area contributed by atoms with E-state index in [0.717, 1.165) is 25.0 Å². The van der Waals surface area contributed by atoms with Crippen LogP contribution in [-0.4, -0.2) is 36.0 Å². The third-order valence-corrected chi connectivity index (χ3v) is 3.77. The van der Waals surface area contributed by atoms with Crippen LogP contribution in [0.3, 0.4) is 0 Å². The number of rotatable bonds is 4. The molecule has 1 heterocycles. The van der Waals surface area contributed by atoms with Crippen LogP contribution in [0.1, 0.15) is 26.7 Å². The molecule has 0 aromatic heterocycles. The molecule has 2 atom stereocenters. The minimum absolute atomic E-state index is 0.0342. The number of piperidine rings is 1. The molecule has 0 spiro atoms. The molecule has 2 rings (SSSR count). The molecule has 1 aliphatic rings. The largest absolute Gasteiger partial charge is 0.477 e. The van der Waals surface area contributed by atoms with Crippen molar-refractivity contribution in [3.63, 3.8) is 0 Å². The van der Waals surface area contributed by atoms with Gasteiger partial charge in [0.25, 0.3) is 5.91 Å². The van der Waals surface area contributed by atoms with Crippen LogP contribution in [0, 0.1) is 17.6 Å². The molecule has 0 unspecified atom stereocenters. The molecule has 6 heteroatoms. The Hall–Kier alpha value is -1.69. The summed E-state index contributed by atoms with van der Waals surface area (Å²) in [6.07, 6.45) is 0.928. The second kappa shape index (κ2) is 7.05. The summed E-state index contributed by atoms with van der Waals surface area (Å²) in [4.78, 5) is 14.3. The molecule has 1 aliphatic heterocycles. The van der Waals surface area contributed by atoms with Crippen molar-refractivity contribution in [2.24, 2.45) is 11.7 Å². The molecular formula is C16H22F2N2O2. The molecule has 122 valence electrons. The van der Waals surface area contributed by atoms with Gasteiger partial charge in [0.1, 0.15) is 5.82 Å². The lowest BCUT2D eigenvalue weighted by Gasteiger charge is -2.34. The number of benzene rings is 1. The third-order valence-electron chi connectivity index (χ3n) is 3.77. The Morgan fingerprint density at radius 3 is 2.73 bits per heavy atom. The van der Waals surface area contributed by atoms with Crippen LogP contribution in [0.4, 0.5) is 8.78 Å². The highest BCUT2D eigenvalue weighted by Gasteiger charge is 2.32. The van der Waals surface area contributed by atoms with Gasteiger partial charge in [0, 0.05) is 25.2 Å². The van der Waals surface area contributed by atoms with E-state index in [4.69, 9.17) is 10.5 Å². The number of hydrogen-bond acceptors (Lipinski definition) is 3. The van der Waals surface area contributed by atoms with Gasteiger partial charge >= 0.3 is 0 Å². The zero-order valence-corrected chi connectivity index (χ0v) is 12.9. The van der Waals surface area contributed by atoms with Crippen LogP contribution in [0.15, 0.2) is 18.2 Å². The summed E-state index contributed by atoms with van der Waals surface area (Å²) in [7, 11) is 0. The van der Waals surface area contributed by atoms with Crippen molar-refractivity contribution in [2.45, 2.75) is 38.8 Å². The van der Waals surface area contributed by atoms with Crippen LogP contribution >= 0.6 is 0 Å². The number of halogens is 2. The lowest BCUT2D eigenvalue weighted by Crippen LogP contribution is -2.51. The van der Waals surface area contributed by atoms with Gasteiger partial charge < -0.3 is 15.4 Å². The van der Waals surface area contributed by atoms with Crippen LogP contribution in [0.5, 0.6) is 5.75 Å². The second-order valence-corrected chi connectivity index (χ2v) is 6.04. The highest BCUT2D eigenvalue weighted by Crippen LogP contribution is 2.23. The fraction of sp³-hybridized carbons (Fsp3) is 0.562. The van der Waals surface area contributed by atoms with E-state index < -0.39 is 17.7 Å². The van der Waals surface area contributed by atoms with Crippen LogP contribution in [-0.2, 0) is 4.79 Å². The van der Waals surface area contributed by atoms with E-state index in [1.54, 1.807) is 4.90 Å². The van der Waals surface area contributed by atoms with Gasteiger partial charge in [0.05, 0.1) is 0 Å². The number of amides is 1. The Balaban J connectivity index is 2.13. The first-order valence-electron chi connectivity index (χ1n) is 7.54. The molecule has 2 N–H and O–H groups in total. The van der Waals surface area contributed by atoms with Crippen LogP contribution in [0.25, 0.3) is 0 Å². The molecule has 0 radical (unpaired) electrons. The first-order chi connectivity index (χ1) is 10.4. The lowest BCUT2D eigenvalue weighted by atomic mass is 10.0. The fourth-order valence-electron chi connectivity index (χ4n) is 2.57. The zero-order chi connectivity index (χ0) is 16.3. The Labute approximate surface area is 129 Å². The summed E-state index contributed by atoms with van der Waals surface area (Å²) in [6, 6.07) is 3.02. The van der Waals surface area contributed by atoms with E-state index in [1.165, 1.54) is 6.07 Å². The van der Waals surface area contributed by atoms with E-state index in [2.05, 4.69) is 0 Å². The van der Waals surface area contributed by atoms with Gasteiger partial charge in [0.2, 0.25) is 0 Å². The molecule has 0 aliphatic carbocycles. The number of ether oxygens (including phenoxy) is 1. The fourth-order valence-corrected chi connectivity index (χ4v) is 2.57. The smallest absolute Gasteiger partial charge is 0.263 e. The van der Waals surface area contributed by atoms with Gasteiger partial charge in [-0.05, 0) is 30.9 Å². The van der Waals surface area contributed by atoms with E-state index >= 15 is 0 Å². The van der Waals surface area contributed by atoms with Crippen LogP contribution < -0.4 is 10.5 Å². The first-order valence-corrected chi connectivity index (χ1v) is 7.54. The quantitative estimate of drug-likeness (QED) is 0.928. The van der Waals surface area contributed by atoms with Gasteiger partial charge in [-0.3, -0.25) is 4.79 Å². The minimum atomic E-state index is -0.815. The van der Waals surface area contributed by atoms with E-state index in [0.29, 0.717) is 13.1 Å². The lowest BCUT2D eigenvalue weighted by molar-refractivity contribution is -0.142. The van der Waals surface area contributed by atoms with Gasteiger partial charge in [-0.25, -0.2) is 8.78 Å². The Morgan fingerprint density at radius 1 is 1.41 bits per heavy atom. The van der Waals surface area contributed by atoms with Gasteiger partial charge in [-0.1, -0.05) is 13.8 Å². The molecule has 4 nitrogen and oxygen atoms in total. The molecule has 0 saturated carbocycles. The molecule has 1 fully saturated rings. The van der Waals surface area contributed by atoms with Crippen molar-refractivity contribution in [1.29, 1.82) is 0 Å². The van der Waals surface area contributed by atoms with Crippen molar-refractivity contribution < 1.29 is 18.3 Å². The van der Waals surface area contributed by atoms with Crippen molar-refractivity contribution in [3.05, 3.63) is 29.8 Å². The van der Waals surface area contributed by atoms with Crippen molar-refractivity contribution in [1.82, 2.24) is 4.90 Å². The minimum Gasteiger partial charge on any atom is -0.477 e. The summed E-state index contributed by atoms with van der Waals surface area (Å²) < 4.78 is 32.2. The maximum atomic E-state index is 13.7. The van der Waals surface area contributed by atoms with E-state index in [1.807, 2.05) is 13.8 Å². The standard InChI is InChI=1S/C16H22F2N2O2/c1-10(2)15(16(21)20-7-3-4-12(19)9-20)22-14-6-5-11(17)8-13(14)18/h5-6,8,10,12,15H,3-4,7,9,19H2,1-2H3/t12-,15-/m0/s1. The normalized spacial score (nSPS) is 20.1. The van der Waals surface area contributed by atoms with Gasteiger partial charge in [-0.15, -0.1) is 0 Å². The average molecular weight is 312 g/mol. The number of likely N-dealkylation sites (tertiary alicyclic amines) is 1. The highest BCUT2D eigenvalue weighted by atomic mass is 19.1. The predicted molar refractivity (Wildman–Crippen MR) is 79.4 cm³/mol. The predicted octanol–water partition coefficient (Wildman–Crippen LogP) is 2.32.